The molecule has 156 valence electrons. The van der Waals surface area contributed by atoms with Crippen molar-refractivity contribution in [2.24, 2.45) is 0 Å². The zero-order valence-electron chi connectivity index (χ0n) is 17.5. The Balaban J connectivity index is 1.53. The largest absolute Gasteiger partial charge is 0.371 e. The lowest BCUT2D eigenvalue weighted by Gasteiger charge is -2.22. The van der Waals surface area contributed by atoms with Crippen molar-refractivity contribution in [1.29, 1.82) is 0 Å². The smallest absolute Gasteiger partial charge is 0.134 e. The molecule has 31 heavy (non-hydrogen) atoms. The van der Waals surface area contributed by atoms with Crippen molar-refractivity contribution in [3.05, 3.63) is 91.3 Å². The van der Waals surface area contributed by atoms with Gasteiger partial charge in [-0.25, -0.2) is 9.97 Å². The van der Waals surface area contributed by atoms with Crippen LogP contribution in [0.15, 0.2) is 91.3 Å². The number of benzene rings is 3. The molecule has 1 aromatic heterocycles. The van der Waals surface area contributed by atoms with Gasteiger partial charge in [-0.2, -0.15) is 0 Å². The molecule has 0 aliphatic heterocycles. The molecule has 4 aromatic rings. The lowest BCUT2D eigenvalue weighted by molar-refractivity contribution is 0.870. The molecule has 1 N–H and O–H groups in total. The molecular weight excluding hydrogens is 404 g/mol. The van der Waals surface area contributed by atoms with Crippen LogP contribution in [0.25, 0.3) is 22.4 Å². The number of anilines is 3. The summed E-state index contributed by atoms with van der Waals surface area (Å²) in [6.45, 7) is 3.90. The first-order chi connectivity index (χ1) is 15.3. The monoisotopic (exact) mass is 428 g/mol. The highest BCUT2D eigenvalue weighted by Gasteiger charge is 2.06. The van der Waals surface area contributed by atoms with Gasteiger partial charge < -0.3 is 10.2 Å². The molecule has 0 amide bonds. The normalized spacial score (nSPS) is 10.6. The van der Waals surface area contributed by atoms with Crippen LogP contribution in [-0.2, 0) is 0 Å². The minimum atomic E-state index is 0.614. The van der Waals surface area contributed by atoms with Crippen molar-refractivity contribution in [3.63, 3.8) is 0 Å². The van der Waals surface area contributed by atoms with E-state index in [2.05, 4.69) is 99.9 Å². The van der Waals surface area contributed by atoms with Crippen LogP contribution in [-0.4, -0.2) is 28.9 Å². The van der Waals surface area contributed by atoms with Crippen molar-refractivity contribution in [2.45, 2.75) is 6.92 Å². The van der Waals surface area contributed by atoms with E-state index in [1.165, 1.54) is 11.1 Å². The second-order valence-electron chi connectivity index (χ2n) is 7.18. The molecule has 0 fully saturated rings. The number of rotatable bonds is 8. The van der Waals surface area contributed by atoms with Gasteiger partial charge in [-0.3, -0.25) is 0 Å². The van der Waals surface area contributed by atoms with E-state index >= 15 is 0 Å². The third-order valence-electron chi connectivity index (χ3n) is 5.17. The fraction of sp³-hybridized carbons (Fsp3) is 0.154. The van der Waals surface area contributed by atoms with Gasteiger partial charge in [0.25, 0.3) is 0 Å². The van der Waals surface area contributed by atoms with Crippen LogP contribution >= 0.6 is 11.6 Å². The first kappa shape index (κ1) is 20.9. The first-order valence-electron chi connectivity index (χ1n) is 10.4. The molecular formula is C26H25ClN4. The maximum atomic E-state index is 5.91. The second-order valence-corrected chi connectivity index (χ2v) is 7.55. The van der Waals surface area contributed by atoms with E-state index in [0.717, 1.165) is 41.5 Å². The molecule has 0 aliphatic rings. The molecule has 0 radical (unpaired) electrons. The summed E-state index contributed by atoms with van der Waals surface area (Å²) in [5.74, 6) is 1.37. The molecule has 4 nitrogen and oxygen atoms in total. The Morgan fingerprint density at radius 2 is 1.55 bits per heavy atom. The summed E-state index contributed by atoms with van der Waals surface area (Å²) in [5.41, 5.74) is 6.43. The van der Waals surface area contributed by atoms with Crippen LogP contribution in [0.2, 0.25) is 0 Å². The molecule has 5 heteroatoms. The van der Waals surface area contributed by atoms with E-state index in [9.17, 15) is 0 Å². The maximum absolute atomic E-state index is 5.91. The predicted molar refractivity (Wildman–Crippen MR) is 131 cm³/mol. The van der Waals surface area contributed by atoms with E-state index in [-0.39, 0.29) is 0 Å². The Morgan fingerprint density at radius 1 is 0.806 bits per heavy atom. The number of halogens is 1. The molecule has 0 atom stereocenters. The minimum Gasteiger partial charge on any atom is -0.371 e. The number of aromatic nitrogens is 2. The Hall–Kier alpha value is -3.37. The SMILES string of the molecule is CCN(CCCl)c1ccc(Nc2cc(-c3cccc(-c4ccccc4)c3)ncn2)cc1. The fourth-order valence-corrected chi connectivity index (χ4v) is 3.75. The summed E-state index contributed by atoms with van der Waals surface area (Å²) in [5, 5.41) is 3.38. The Bertz CT molecular complexity index is 1110. The highest BCUT2D eigenvalue weighted by Crippen LogP contribution is 2.27. The third-order valence-corrected chi connectivity index (χ3v) is 5.34. The molecule has 0 aliphatic carbocycles. The Kier molecular flexibility index (Phi) is 6.80. The number of nitrogens with zero attached hydrogens (tertiary/aromatic N) is 3. The molecule has 4 rings (SSSR count). The quantitative estimate of drug-likeness (QED) is 0.320. The number of nitrogens with one attached hydrogen (secondary N) is 1. The minimum absolute atomic E-state index is 0.614. The fourth-order valence-electron chi connectivity index (χ4n) is 3.55. The van der Waals surface area contributed by atoms with E-state index < -0.39 is 0 Å². The average Bonchev–Trinajstić information content (AvgIpc) is 2.84. The lowest BCUT2D eigenvalue weighted by Crippen LogP contribution is -2.24. The van der Waals surface area contributed by atoms with Gasteiger partial charge in [0.2, 0.25) is 0 Å². The van der Waals surface area contributed by atoms with Gasteiger partial charge in [-0.05, 0) is 48.4 Å². The molecule has 1 heterocycles. The second kappa shape index (κ2) is 10.1. The zero-order chi connectivity index (χ0) is 21.5. The van der Waals surface area contributed by atoms with Crippen molar-refractivity contribution >= 4 is 28.8 Å². The first-order valence-corrected chi connectivity index (χ1v) is 11.0. The Labute approximate surface area is 188 Å². The van der Waals surface area contributed by atoms with Crippen LogP contribution in [0, 0.1) is 0 Å². The van der Waals surface area contributed by atoms with Gasteiger partial charge in [-0.15, -0.1) is 11.6 Å². The van der Waals surface area contributed by atoms with E-state index in [1.54, 1.807) is 6.33 Å². The lowest BCUT2D eigenvalue weighted by atomic mass is 10.0. The summed E-state index contributed by atoms with van der Waals surface area (Å²) >= 11 is 5.91. The standard InChI is InChI=1S/C26H25ClN4/c1-2-31(16-15-27)24-13-11-23(12-14-24)30-26-18-25(28-19-29-26)22-10-6-9-21(17-22)20-7-4-3-5-8-20/h3-14,17-19H,2,15-16H2,1H3,(H,28,29,30). The van der Waals surface area contributed by atoms with Crippen molar-refractivity contribution in [1.82, 2.24) is 9.97 Å². The van der Waals surface area contributed by atoms with E-state index in [1.807, 2.05) is 12.1 Å². The molecule has 0 spiro atoms. The van der Waals surface area contributed by atoms with Crippen LogP contribution in [0.4, 0.5) is 17.2 Å². The third kappa shape index (κ3) is 5.22. The number of hydrogen-bond acceptors (Lipinski definition) is 4. The van der Waals surface area contributed by atoms with Gasteiger partial charge in [0.1, 0.15) is 12.1 Å². The van der Waals surface area contributed by atoms with Gasteiger partial charge in [0, 0.05) is 42.0 Å². The molecule has 0 bridgehead atoms. The van der Waals surface area contributed by atoms with E-state index in [0.29, 0.717) is 5.88 Å². The van der Waals surface area contributed by atoms with Gasteiger partial charge in [0.05, 0.1) is 5.69 Å². The highest BCUT2D eigenvalue weighted by molar-refractivity contribution is 6.18. The topological polar surface area (TPSA) is 41.0 Å². The summed E-state index contributed by atoms with van der Waals surface area (Å²) in [6.07, 6.45) is 1.60. The maximum Gasteiger partial charge on any atom is 0.134 e. The van der Waals surface area contributed by atoms with Gasteiger partial charge >= 0.3 is 0 Å². The van der Waals surface area contributed by atoms with Crippen LogP contribution in [0.3, 0.4) is 0 Å². The molecule has 3 aromatic carbocycles. The summed E-state index contributed by atoms with van der Waals surface area (Å²) in [7, 11) is 0. The Morgan fingerprint density at radius 3 is 2.29 bits per heavy atom. The number of alkyl halides is 1. The van der Waals surface area contributed by atoms with Crippen molar-refractivity contribution in [3.8, 4) is 22.4 Å². The predicted octanol–water partition coefficient (Wildman–Crippen LogP) is 6.62. The van der Waals surface area contributed by atoms with Crippen LogP contribution < -0.4 is 10.2 Å². The van der Waals surface area contributed by atoms with Crippen LogP contribution in [0.1, 0.15) is 6.92 Å². The number of hydrogen-bond donors (Lipinski definition) is 1. The van der Waals surface area contributed by atoms with E-state index in [4.69, 9.17) is 11.6 Å². The molecule has 0 saturated carbocycles. The van der Waals surface area contributed by atoms with Crippen LogP contribution in [0.5, 0.6) is 0 Å². The van der Waals surface area contributed by atoms with Gasteiger partial charge in [-0.1, -0.05) is 48.5 Å². The summed E-state index contributed by atoms with van der Waals surface area (Å²) in [6, 6.07) is 29.1. The van der Waals surface area contributed by atoms with Crippen molar-refractivity contribution in [2.75, 3.05) is 29.2 Å². The zero-order valence-corrected chi connectivity index (χ0v) is 18.3. The summed E-state index contributed by atoms with van der Waals surface area (Å²) in [4.78, 5) is 11.1. The van der Waals surface area contributed by atoms with Crippen molar-refractivity contribution < 1.29 is 0 Å². The molecule has 0 unspecified atom stereocenters. The summed E-state index contributed by atoms with van der Waals surface area (Å²) < 4.78 is 0. The van der Waals surface area contributed by atoms with Gasteiger partial charge in [0.15, 0.2) is 0 Å². The highest BCUT2D eigenvalue weighted by atomic mass is 35.5. The average molecular weight is 429 g/mol. The molecule has 0 saturated heterocycles.